The van der Waals surface area contributed by atoms with E-state index in [1.54, 1.807) is 0 Å². The average Bonchev–Trinajstić information content (AvgIpc) is 3.79. The van der Waals surface area contributed by atoms with Crippen LogP contribution in [0.5, 0.6) is 0 Å². The Morgan fingerprint density at radius 2 is 1.07 bits per heavy atom. The molecule has 5 nitrogen and oxygen atoms in total. The van der Waals surface area contributed by atoms with Gasteiger partial charge < -0.3 is 9.13 Å². The van der Waals surface area contributed by atoms with Crippen molar-refractivity contribution in [2.75, 3.05) is 0 Å². The lowest BCUT2D eigenvalue weighted by Crippen LogP contribution is -1.99. The Bertz CT molecular complexity index is 3060. The summed E-state index contributed by atoms with van der Waals surface area (Å²) in [7, 11) is 0. The zero-order valence-electron chi connectivity index (χ0n) is 30.5. The summed E-state index contributed by atoms with van der Waals surface area (Å²) in [5.74, 6) is 0.683. The number of nitrogens with zero attached hydrogens (tertiary/aromatic N) is 5. The Morgan fingerprint density at radius 1 is 0.446 bits per heavy atom. The van der Waals surface area contributed by atoms with Gasteiger partial charge in [0, 0.05) is 50.7 Å². The molecular weight excluding hydrogens is 683 g/mol. The van der Waals surface area contributed by atoms with E-state index in [-0.39, 0.29) is 0 Å². The Labute approximate surface area is 324 Å². The molecule has 0 fully saturated rings. The number of hydrogen-bond donors (Lipinski definition) is 0. The number of hydrogen-bond acceptors (Lipinski definition) is 3. The van der Waals surface area contributed by atoms with Crippen molar-refractivity contribution >= 4 is 38.9 Å². The lowest BCUT2D eigenvalue weighted by Gasteiger charge is -2.12. The van der Waals surface area contributed by atoms with Crippen LogP contribution >= 0.6 is 0 Å². The number of allylic oxidation sites excluding steroid dienone is 1. The van der Waals surface area contributed by atoms with E-state index in [4.69, 9.17) is 15.0 Å². The van der Waals surface area contributed by atoms with Gasteiger partial charge in [-0.25, -0.2) is 9.97 Å². The van der Waals surface area contributed by atoms with Gasteiger partial charge in [0.15, 0.2) is 5.82 Å². The first-order chi connectivity index (χ1) is 27.8. The van der Waals surface area contributed by atoms with E-state index in [0.29, 0.717) is 5.82 Å². The molecule has 0 spiro atoms. The van der Waals surface area contributed by atoms with Gasteiger partial charge in [-0.2, -0.15) is 0 Å². The van der Waals surface area contributed by atoms with Crippen molar-refractivity contribution in [3.63, 3.8) is 0 Å². The van der Waals surface area contributed by atoms with Gasteiger partial charge in [0.1, 0.15) is 0 Å². The zero-order valence-corrected chi connectivity index (χ0v) is 30.5. The highest BCUT2D eigenvalue weighted by Crippen LogP contribution is 2.39. The fourth-order valence-electron chi connectivity index (χ4n) is 8.44. The fourth-order valence-corrected chi connectivity index (χ4v) is 8.44. The van der Waals surface area contributed by atoms with Crippen LogP contribution < -0.4 is 0 Å². The minimum Gasteiger partial charge on any atom is -0.310 e. The van der Waals surface area contributed by atoms with E-state index < -0.39 is 0 Å². The molecule has 1 aliphatic carbocycles. The standard InChI is InChI=1S/C51H35N5/c1-4-14-34(15-5-1)44-33-45(35-16-6-2-7-17-35)54-51(53-44)38-18-12-21-40(30-38)56-48-28-26-37(32-43(48)50-49(56)24-13-29-52-50)36-25-27-47-42(31-36)41-22-10-11-23-46(41)55(47)39-19-8-3-9-20-39/h1-9,11-21,23-33H,10,22H2. The Morgan fingerprint density at radius 3 is 1.79 bits per heavy atom. The molecule has 0 amide bonds. The van der Waals surface area contributed by atoms with Crippen molar-refractivity contribution in [1.82, 2.24) is 24.1 Å². The molecule has 264 valence electrons. The van der Waals surface area contributed by atoms with Crippen molar-refractivity contribution in [3.05, 3.63) is 193 Å². The quantitative estimate of drug-likeness (QED) is 0.172. The van der Waals surface area contributed by atoms with Gasteiger partial charge in [-0.05, 0) is 102 Å². The molecule has 5 heteroatoms. The number of fused-ring (bicyclic) bond motifs is 6. The maximum Gasteiger partial charge on any atom is 0.160 e. The molecule has 1 aliphatic rings. The maximum atomic E-state index is 5.12. The molecular formula is C51H35N5. The van der Waals surface area contributed by atoms with Crippen LogP contribution in [0.25, 0.3) is 95.3 Å². The first kappa shape index (κ1) is 32.1. The van der Waals surface area contributed by atoms with Crippen LogP contribution in [-0.4, -0.2) is 24.1 Å². The molecule has 4 aromatic heterocycles. The van der Waals surface area contributed by atoms with Gasteiger partial charge in [0.25, 0.3) is 0 Å². The molecule has 0 saturated heterocycles. The smallest absolute Gasteiger partial charge is 0.160 e. The number of pyridine rings is 1. The molecule has 0 N–H and O–H groups in total. The largest absolute Gasteiger partial charge is 0.310 e. The van der Waals surface area contributed by atoms with Gasteiger partial charge in [-0.1, -0.05) is 109 Å². The number of rotatable bonds is 6. The predicted molar refractivity (Wildman–Crippen MR) is 230 cm³/mol. The second kappa shape index (κ2) is 13.2. The summed E-state index contributed by atoms with van der Waals surface area (Å²) in [4.78, 5) is 15.2. The number of aryl methyl sites for hydroxylation is 1. The third kappa shape index (κ3) is 5.36. The summed E-state index contributed by atoms with van der Waals surface area (Å²) < 4.78 is 4.72. The predicted octanol–water partition coefficient (Wildman–Crippen LogP) is 12.5. The Kier molecular flexibility index (Phi) is 7.56. The van der Waals surface area contributed by atoms with Crippen LogP contribution in [0.4, 0.5) is 0 Å². The SMILES string of the molecule is C1=Cc2c(c3cc(-c4ccc5c(c4)c4ncccc4n5-c4cccc(-c5nc(-c6ccccc6)cc(-c6ccccc6)n5)c4)ccc3n2-c2ccccc2)CC1. The Hall–Kier alpha value is -7.37. The van der Waals surface area contributed by atoms with Crippen LogP contribution in [0.3, 0.4) is 0 Å². The maximum absolute atomic E-state index is 5.12. The van der Waals surface area contributed by atoms with Crippen molar-refractivity contribution < 1.29 is 0 Å². The van der Waals surface area contributed by atoms with E-state index in [0.717, 1.165) is 68.5 Å². The molecule has 0 atom stereocenters. The molecule has 0 aliphatic heterocycles. The minimum atomic E-state index is 0.683. The summed E-state index contributed by atoms with van der Waals surface area (Å²) >= 11 is 0. The molecule has 10 aromatic rings. The third-order valence-corrected chi connectivity index (χ3v) is 11.0. The molecule has 6 aromatic carbocycles. The first-order valence-corrected chi connectivity index (χ1v) is 19.2. The molecule has 0 saturated carbocycles. The zero-order chi connectivity index (χ0) is 37.0. The molecule has 4 heterocycles. The van der Waals surface area contributed by atoms with Crippen LogP contribution in [0.1, 0.15) is 17.7 Å². The number of benzene rings is 6. The van der Waals surface area contributed by atoms with Gasteiger partial charge in [-0.3, -0.25) is 4.98 Å². The summed E-state index contributed by atoms with van der Waals surface area (Å²) in [6.45, 7) is 0. The topological polar surface area (TPSA) is 48.5 Å². The summed E-state index contributed by atoms with van der Waals surface area (Å²) in [6.07, 6.45) is 8.58. The first-order valence-electron chi connectivity index (χ1n) is 19.2. The monoisotopic (exact) mass is 717 g/mol. The number of aromatic nitrogens is 5. The second-order valence-corrected chi connectivity index (χ2v) is 14.4. The van der Waals surface area contributed by atoms with Gasteiger partial charge >= 0.3 is 0 Å². The highest BCUT2D eigenvalue weighted by atomic mass is 15.0. The van der Waals surface area contributed by atoms with Gasteiger partial charge in [-0.15, -0.1) is 0 Å². The van der Waals surface area contributed by atoms with E-state index in [1.807, 2.05) is 48.7 Å². The van der Waals surface area contributed by atoms with Crippen molar-refractivity contribution in [1.29, 1.82) is 0 Å². The normalized spacial score (nSPS) is 12.4. The van der Waals surface area contributed by atoms with Crippen molar-refractivity contribution in [2.45, 2.75) is 12.8 Å². The molecule has 56 heavy (non-hydrogen) atoms. The van der Waals surface area contributed by atoms with Crippen molar-refractivity contribution in [3.8, 4) is 56.4 Å². The van der Waals surface area contributed by atoms with Gasteiger partial charge in [0.05, 0.1) is 33.5 Å². The lowest BCUT2D eigenvalue weighted by molar-refractivity contribution is 0.967. The number of para-hydroxylation sites is 1. The lowest BCUT2D eigenvalue weighted by atomic mass is 9.97. The highest BCUT2D eigenvalue weighted by Gasteiger charge is 2.20. The van der Waals surface area contributed by atoms with E-state index in [2.05, 4.69) is 149 Å². The molecule has 0 radical (unpaired) electrons. The third-order valence-electron chi connectivity index (χ3n) is 11.0. The van der Waals surface area contributed by atoms with E-state index in [1.165, 1.54) is 39.0 Å². The summed E-state index contributed by atoms with van der Waals surface area (Å²) in [6, 6.07) is 59.9. The second-order valence-electron chi connectivity index (χ2n) is 14.4. The van der Waals surface area contributed by atoms with Gasteiger partial charge in [0.2, 0.25) is 0 Å². The fraction of sp³-hybridized carbons (Fsp3) is 0.0392. The summed E-state index contributed by atoms with van der Waals surface area (Å²) in [5.41, 5.74) is 16.5. The van der Waals surface area contributed by atoms with E-state index >= 15 is 0 Å². The Balaban J connectivity index is 1.04. The average molecular weight is 718 g/mol. The van der Waals surface area contributed by atoms with Crippen LogP contribution in [-0.2, 0) is 6.42 Å². The van der Waals surface area contributed by atoms with Crippen LogP contribution in [0.2, 0.25) is 0 Å². The molecule has 0 unspecified atom stereocenters. The highest BCUT2D eigenvalue weighted by molar-refractivity contribution is 6.08. The minimum absolute atomic E-state index is 0.683. The molecule has 11 rings (SSSR count). The van der Waals surface area contributed by atoms with Crippen LogP contribution in [0.15, 0.2) is 182 Å². The summed E-state index contributed by atoms with van der Waals surface area (Å²) in [5, 5.41) is 2.43. The van der Waals surface area contributed by atoms with E-state index in [9.17, 15) is 0 Å². The van der Waals surface area contributed by atoms with Crippen LogP contribution in [0, 0.1) is 0 Å². The molecule has 0 bridgehead atoms. The van der Waals surface area contributed by atoms with Crippen molar-refractivity contribution in [2.24, 2.45) is 0 Å².